The predicted octanol–water partition coefficient (Wildman–Crippen LogP) is 0.222. The molecule has 6 N–H and O–H groups in total. The van der Waals surface area contributed by atoms with E-state index in [1.807, 2.05) is 0 Å². The largest absolute Gasteiger partial charge is 0.484 e. The first-order valence-electron chi connectivity index (χ1n) is 8.54. The highest BCUT2D eigenvalue weighted by molar-refractivity contribution is 5.97. The van der Waals surface area contributed by atoms with Gasteiger partial charge in [0, 0.05) is 5.56 Å². The molecule has 10 nitrogen and oxygen atoms in total. The number of aliphatic hydroxyl groups excluding tert-OH is 1. The van der Waals surface area contributed by atoms with E-state index in [4.69, 9.17) is 15.2 Å². The van der Waals surface area contributed by atoms with E-state index in [-0.39, 0.29) is 12.2 Å². The van der Waals surface area contributed by atoms with E-state index in [1.54, 1.807) is 48.5 Å². The van der Waals surface area contributed by atoms with Gasteiger partial charge in [0.2, 0.25) is 0 Å². The Morgan fingerprint density at radius 1 is 0.931 bits per heavy atom. The van der Waals surface area contributed by atoms with Crippen LogP contribution in [0.1, 0.15) is 17.3 Å². The summed E-state index contributed by atoms with van der Waals surface area (Å²) in [6.45, 7) is 0.994. The number of nitrogens with one attached hydrogen (secondary N) is 3. The molecule has 0 aromatic heterocycles. The van der Waals surface area contributed by atoms with Crippen LogP contribution in [0, 0.1) is 0 Å². The molecule has 0 saturated heterocycles. The highest BCUT2D eigenvalue weighted by Crippen LogP contribution is 2.23. The molecule has 29 heavy (non-hydrogen) atoms. The summed E-state index contributed by atoms with van der Waals surface area (Å²) < 4.78 is 5.19. The van der Waals surface area contributed by atoms with Gasteiger partial charge in [-0.05, 0) is 42.3 Å². The zero-order valence-electron chi connectivity index (χ0n) is 15.5. The second kappa shape index (κ2) is 10.2. The van der Waals surface area contributed by atoms with E-state index < -0.39 is 29.9 Å². The Labute approximate surface area is 166 Å². The minimum atomic E-state index is -1.30. The zero-order valence-corrected chi connectivity index (χ0v) is 15.5. The Morgan fingerprint density at radius 3 is 1.97 bits per heavy atom. The van der Waals surface area contributed by atoms with Crippen LogP contribution >= 0.6 is 0 Å². The van der Waals surface area contributed by atoms with Gasteiger partial charge < -0.3 is 15.2 Å². The first-order valence-corrected chi connectivity index (χ1v) is 8.54. The van der Waals surface area contributed by atoms with Crippen molar-refractivity contribution in [3.8, 4) is 16.9 Å². The minimum absolute atomic E-state index is 0.264. The molecule has 2 rings (SSSR count). The summed E-state index contributed by atoms with van der Waals surface area (Å²) in [6, 6.07) is 12.0. The van der Waals surface area contributed by atoms with Gasteiger partial charge in [0.05, 0.1) is 6.10 Å². The average Bonchev–Trinajstić information content (AvgIpc) is 2.75. The van der Waals surface area contributed by atoms with E-state index >= 15 is 0 Å². The number of amides is 3. The molecule has 0 aliphatic carbocycles. The Balaban J connectivity index is 2.04. The summed E-state index contributed by atoms with van der Waals surface area (Å²) in [4.78, 5) is 34.7. The molecule has 2 atom stereocenters. The van der Waals surface area contributed by atoms with Crippen LogP contribution in [0.15, 0.2) is 48.5 Å². The van der Waals surface area contributed by atoms with Gasteiger partial charge >= 0.3 is 0 Å². The van der Waals surface area contributed by atoms with E-state index in [0.29, 0.717) is 5.75 Å². The normalized spacial score (nSPS) is 12.4. The fourth-order valence-corrected chi connectivity index (χ4v) is 2.44. The third-order valence-corrected chi connectivity index (χ3v) is 3.99. The van der Waals surface area contributed by atoms with Gasteiger partial charge in [0.1, 0.15) is 11.8 Å². The summed E-state index contributed by atoms with van der Waals surface area (Å²) in [5.74, 6) is -1.74. The van der Waals surface area contributed by atoms with Crippen molar-refractivity contribution in [1.82, 2.24) is 16.3 Å². The number of carbonyl (C=O) groups is 3. The molecular formula is C19H21N3O7. The highest BCUT2D eigenvalue weighted by Gasteiger charge is 2.25. The quantitative estimate of drug-likeness (QED) is 0.272. The van der Waals surface area contributed by atoms with Gasteiger partial charge in [-0.25, -0.2) is 11.0 Å². The SMILES string of the molecule is C[C@@H](O)[C@H](NC(=O)c1ccc(-c2ccc(OCC(=O)NO)cc2)cc1)C(=O)NO. The van der Waals surface area contributed by atoms with Crippen molar-refractivity contribution < 1.29 is 34.6 Å². The second-order valence-electron chi connectivity index (χ2n) is 6.09. The van der Waals surface area contributed by atoms with Gasteiger partial charge in [-0.3, -0.25) is 24.8 Å². The lowest BCUT2D eigenvalue weighted by Crippen LogP contribution is -2.51. The molecule has 0 fully saturated rings. The number of hydrogen-bond donors (Lipinski definition) is 6. The number of benzene rings is 2. The van der Waals surface area contributed by atoms with Gasteiger partial charge in [-0.1, -0.05) is 24.3 Å². The molecule has 10 heteroatoms. The predicted molar refractivity (Wildman–Crippen MR) is 100 cm³/mol. The highest BCUT2D eigenvalue weighted by atomic mass is 16.5. The Bertz CT molecular complexity index is 851. The summed E-state index contributed by atoms with van der Waals surface area (Å²) in [6.07, 6.45) is -1.20. The number of hydrogen-bond acceptors (Lipinski definition) is 7. The van der Waals surface area contributed by atoms with E-state index in [0.717, 1.165) is 11.1 Å². The van der Waals surface area contributed by atoms with E-state index in [1.165, 1.54) is 17.9 Å². The van der Waals surface area contributed by atoms with Crippen molar-refractivity contribution in [1.29, 1.82) is 0 Å². The maximum atomic E-state index is 12.3. The van der Waals surface area contributed by atoms with E-state index in [2.05, 4.69) is 5.32 Å². The zero-order chi connectivity index (χ0) is 21.4. The summed E-state index contributed by atoms with van der Waals surface area (Å²) in [5, 5.41) is 29.0. The van der Waals surface area contributed by atoms with Crippen molar-refractivity contribution in [3.63, 3.8) is 0 Å². The van der Waals surface area contributed by atoms with Crippen molar-refractivity contribution in [2.75, 3.05) is 6.61 Å². The van der Waals surface area contributed by atoms with Crippen molar-refractivity contribution in [2.45, 2.75) is 19.1 Å². The van der Waals surface area contributed by atoms with Crippen LogP contribution in [0.25, 0.3) is 11.1 Å². The molecule has 0 spiro atoms. The molecule has 0 aliphatic rings. The van der Waals surface area contributed by atoms with Crippen LogP contribution in [0.2, 0.25) is 0 Å². The van der Waals surface area contributed by atoms with Gasteiger partial charge in [0.25, 0.3) is 17.7 Å². The molecule has 0 bridgehead atoms. The number of hydroxylamine groups is 2. The summed E-state index contributed by atoms with van der Waals surface area (Å²) in [7, 11) is 0. The molecule has 0 unspecified atom stereocenters. The number of ether oxygens (including phenoxy) is 1. The third-order valence-electron chi connectivity index (χ3n) is 3.99. The number of carbonyl (C=O) groups excluding carboxylic acids is 3. The smallest absolute Gasteiger partial charge is 0.281 e. The van der Waals surface area contributed by atoms with Gasteiger partial charge in [-0.15, -0.1) is 0 Å². The maximum Gasteiger partial charge on any atom is 0.281 e. The topological polar surface area (TPSA) is 157 Å². The molecule has 2 aromatic carbocycles. The van der Waals surface area contributed by atoms with E-state index in [9.17, 15) is 19.5 Å². The molecule has 2 aromatic rings. The first-order chi connectivity index (χ1) is 13.8. The molecule has 0 radical (unpaired) electrons. The van der Waals surface area contributed by atoms with Crippen LogP contribution in [0.5, 0.6) is 5.75 Å². The van der Waals surface area contributed by atoms with Crippen LogP contribution in [-0.2, 0) is 9.59 Å². The summed E-state index contributed by atoms with van der Waals surface area (Å²) >= 11 is 0. The standard InChI is InChI=1S/C19H21N3O7/c1-11(23)17(19(26)22-28)20-18(25)14-4-2-12(3-5-14)13-6-8-15(9-7-13)29-10-16(24)21-27/h2-9,11,17,23,27-28H,10H2,1H3,(H,20,25)(H,21,24)(H,22,26)/t11-,17+/m1/s1. The minimum Gasteiger partial charge on any atom is -0.484 e. The Kier molecular flexibility index (Phi) is 7.66. The number of aliphatic hydroxyl groups is 1. The fourth-order valence-electron chi connectivity index (χ4n) is 2.44. The lowest BCUT2D eigenvalue weighted by atomic mass is 10.0. The molecule has 0 saturated carbocycles. The Hall–Kier alpha value is -3.47. The fraction of sp³-hybridized carbons (Fsp3) is 0.211. The van der Waals surface area contributed by atoms with Crippen LogP contribution in [-0.4, -0.2) is 52.0 Å². The van der Waals surface area contributed by atoms with Gasteiger partial charge in [-0.2, -0.15) is 0 Å². The van der Waals surface area contributed by atoms with Crippen molar-refractivity contribution in [3.05, 3.63) is 54.1 Å². The second-order valence-corrected chi connectivity index (χ2v) is 6.09. The monoisotopic (exact) mass is 403 g/mol. The van der Waals surface area contributed by atoms with Crippen molar-refractivity contribution in [2.24, 2.45) is 0 Å². The van der Waals surface area contributed by atoms with Crippen LogP contribution in [0.4, 0.5) is 0 Å². The van der Waals surface area contributed by atoms with Crippen LogP contribution < -0.4 is 21.0 Å². The number of rotatable bonds is 8. The average molecular weight is 403 g/mol. The molecule has 154 valence electrons. The lowest BCUT2D eigenvalue weighted by Gasteiger charge is -2.19. The maximum absolute atomic E-state index is 12.3. The third kappa shape index (κ3) is 6.01. The van der Waals surface area contributed by atoms with Gasteiger partial charge in [0.15, 0.2) is 6.61 Å². The molecule has 0 heterocycles. The molecular weight excluding hydrogens is 382 g/mol. The first kappa shape index (κ1) is 21.8. The lowest BCUT2D eigenvalue weighted by molar-refractivity contribution is -0.133. The van der Waals surface area contributed by atoms with Crippen molar-refractivity contribution >= 4 is 17.7 Å². The Morgan fingerprint density at radius 2 is 1.48 bits per heavy atom. The van der Waals surface area contributed by atoms with Crippen LogP contribution in [0.3, 0.4) is 0 Å². The molecule has 3 amide bonds. The molecule has 0 aliphatic heterocycles. The summed E-state index contributed by atoms with van der Waals surface area (Å²) in [5.41, 5.74) is 4.77.